The third-order valence-corrected chi connectivity index (χ3v) is 2.77. The topological polar surface area (TPSA) is 82.2 Å². The van der Waals surface area contributed by atoms with E-state index in [4.69, 9.17) is 29.2 Å². The summed E-state index contributed by atoms with van der Waals surface area (Å²) in [5, 5.41) is 10.4. The molecule has 0 radical (unpaired) electrons. The van der Waals surface area contributed by atoms with Crippen molar-refractivity contribution in [2.24, 2.45) is 5.73 Å². The highest BCUT2D eigenvalue weighted by atomic mass is 35.5. The second-order valence-electron chi connectivity index (χ2n) is 3.68. The van der Waals surface area contributed by atoms with Crippen molar-refractivity contribution in [2.45, 2.75) is 13.3 Å². The van der Waals surface area contributed by atoms with E-state index in [1.807, 2.05) is 13.0 Å². The zero-order chi connectivity index (χ0) is 14.4. The molecule has 1 aromatic carbocycles. The van der Waals surface area contributed by atoms with Gasteiger partial charge in [-0.15, -0.1) is 6.42 Å². The molecule has 4 N–H and O–H groups in total. The van der Waals surface area contributed by atoms with Gasteiger partial charge in [0.1, 0.15) is 0 Å². The van der Waals surface area contributed by atoms with Crippen LogP contribution >= 0.6 is 11.6 Å². The van der Waals surface area contributed by atoms with Crippen LogP contribution < -0.4 is 16.0 Å². The third-order valence-electron chi connectivity index (χ3n) is 2.46. The number of benzene rings is 1. The molecule has 0 bridgehead atoms. The van der Waals surface area contributed by atoms with E-state index in [1.54, 1.807) is 12.1 Å². The average Bonchev–Trinajstić information content (AvgIpc) is 2.38. The van der Waals surface area contributed by atoms with Gasteiger partial charge in [-0.2, -0.15) is 0 Å². The van der Waals surface area contributed by atoms with E-state index in [-0.39, 0.29) is 6.54 Å². The van der Waals surface area contributed by atoms with E-state index in [0.29, 0.717) is 17.1 Å². The van der Waals surface area contributed by atoms with Gasteiger partial charge in [-0.25, -0.2) is 9.69 Å². The molecule has 0 spiro atoms. The van der Waals surface area contributed by atoms with Gasteiger partial charge in [-0.3, -0.25) is 5.41 Å². The number of anilines is 1. The molecular formula is C13H15ClN4O. The van der Waals surface area contributed by atoms with Gasteiger partial charge in [0.15, 0.2) is 0 Å². The van der Waals surface area contributed by atoms with Crippen molar-refractivity contribution in [3.63, 3.8) is 0 Å². The van der Waals surface area contributed by atoms with Crippen molar-refractivity contribution in [1.29, 1.82) is 5.41 Å². The standard InChI is InChI=1S/C13H15ClN4O/c1-3-8-17-13(19)18(12(15)16)11-9(4-2)6-5-7-10(11)14/h1,5-7H,4,8H2,2H3,(H3,15,16)(H,17,19). The Hall–Kier alpha value is -2.19. The molecule has 0 aromatic heterocycles. The number of nitrogens with zero attached hydrogens (tertiary/aromatic N) is 1. The van der Waals surface area contributed by atoms with Crippen LogP contribution in [0.3, 0.4) is 0 Å². The van der Waals surface area contributed by atoms with Gasteiger partial charge < -0.3 is 11.1 Å². The fraction of sp³-hybridized carbons (Fsp3) is 0.231. The number of guanidine groups is 1. The summed E-state index contributed by atoms with van der Waals surface area (Å²) < 4.78 is 0. The molecule has 0 fully saturated rings. The number of rotatable bonds is 3. The first kappa shape index (κ1) is 14.9. The van der Waals surface area contributed by atoms with Crippen LogP contribution in [-0.4, -0.2) is 18.5 Å². The molecule has 0 unspecified atom stereocenters. The van der Waals surface area contributed by atoms with Crippen LogP contribution in [0, 0.1) is 17.8 Å². The minimum atomic E-state index is -0.576. The smallest absolute Gasteiger partial charge is 0.329 e. The molecule has 0 aliphatic rings. The minimum absolute atomic E-state index is 0.0501. The molecule has 5 nitrogen and oxygen atoms in total. The number of aryl methyl sites for hydroxylation is 1. The number of para-hydroxylation sites is 1. The molecule has 1 aromatic rings. The molecule has 100 valence electrons. The molecule has 0 aliphatic heterocycles. The lowest BCUT2D eigenvalue weighted by Crippen LogP contribution is -2.47. The highest BCUT2D eigenvalue weighted by Crippen LogP contribution is 2.30. The maximum Gasteiger partial charge on any atom is 0.329 e. The van der Waals surface area contributed by atoms with Crippen LogP contribution in [0.4, 0.5) is 10.5 Å². The Bertz CT molecular complexity index is 536. The highest BCUT2D eigenvalue weighted by Gasteiger charge is 2.23. The summed E-state index contributed by atoms with van der Waals surface area (Å²) in [4.78, 5) is 13.0. The van der Waals surface area contributed by atoms with Crippen molar-refractivity contribution in [3.8, 4) is 12.3 Å². The summed E-state index contributed by atoms with van der Waals surface area (Å²) in [5.74, 6) is 1.87. The molecule has 0 heterocycles. The molecule has 0 aliphatic carbocycles. The monoisotopic (exact) mass is 278 g/mol. The number of hydrogen-bond donors (Lipinski definition) is 3. The average molecular weight is 279 g/mol. The Morgan fingerprint density at radius 1 is 1.63 bits per heavy atom. The van der Waals surface area contributed by atoms with E-state index in [2.05, 4.69) is 11.2 Å². The van der Waals surface area contributed by atoms with Crippen molar-refractivity contribution in [3.05, 3.63) is 28.8 Å². The second kappa shape index (κ2) is 6.66. The minimum Gasteiger partial charge on any atom is -0.369 e. The van der Waals surface area contributed by atoms with Crippen molar-refractivity contribution >= 4 is 29.3 Å². The predicted octanol–water partition coefficient (Wildman–Crippen LogP) is 1.95. The lowest BCUT2D eigenvalue weighted by Gasteiger charge is -2.24. The first-order valence-corrected chi connectivity index (χ1v) is 6.03. The molecule has 0 saturated heterocycles. The van der Waals surface area contributed by atoms with Gasteiger partial charge in [-0.05, 0) is 18.1 Å². The summed E-state index contributed by atoms with van der Waals surface area (Å²) in [7, 11) is 0. The molecule has 19 heavy (non-hydrogen) atoms. The molecule has 0 saturated carbocycles. The highest BCUT2D eigenvalue weighted by molar-refractivity contribution is 6.35. The Morgan fingerprint density at radius 2 is 2.32 bits per heavy atom. The Balaban J connectivity index is 3.24. The summed E-state index contributed by atoms with van der Waals surface area (Å²) in [6.45, 7) is 1.97. The van der Waals surface area contributed by atoms with Crippen LogP contribution in [-0.2, 0) is 6.42 Å². The van der Waals surface area contributed by atoms with Gasteiger partial charge in [0.25, 0.3) is 0 Å². The zero-order valence-corrected chi connectivity index (χ0v) is 11.3. The lowest BCUT2D eigenvalue weighted by molar-refractivity contribution is 0.250. The number of halogens is 1. The fourth-order valence-corrected chi connectivity index (χ4v) is 1.91. The molecule has 2 amide bonds. The number of nitrogens with one attached hydrogen (secondary N) is 2. The van der Waals surface area contributed by atoms with Crippen LogP contribution in [0.1, 0.15) is 12.5 Å². The molecular weight excluding hydrogens is 264 g/mol. The van der Waals surface area contributed by atoms with Gasteiger partial charge in [0.05, 0.1) is 17.3 Å². The number of carbonyl (C=O) groups excluding carboxylic acids is 1. The van der Waals surface area contributed by atoms with Gasteiger partial charge in [0, 0.05) is 0 Å². The van der Waals surface area contributed by atoms with Crippen molar-refractivity contribution in [2.75, 3.05) is 11.4 Å². The number of amides is 2. The van der Waals surface area contributed by atoms with Gasteiger partial charge in [0.2, 0.25) is 5.96 Å². The Morgan fingerprint density at radius 3 is 2.84 bits per heavy atom. The summed E-state index contributed by atoms with van der Waals surface area (Å²) in [6, 6.07) is 4.67. The first-order chi connectivity index (χ1) is 9.02. The van der Waals surface area contributed by atoms with E-state index in [1.165, 1.54) is 0 Å². The Kier molecular flexibility index (Phi) is 5.22. The predicted molar refractivity (Wildman–Crippen MR) is 77.5 cm³/mol. The summed E-state index contributed by atoms with van der Waals surface area (Å²) in [6.07, 6.45) is 5.74. The number of hydrogen-bond acceptors (Lipinski definition) is 2. The maximum absolute atomic E-state index is 12.0. The van der Waals surface area contributed by atoms with Gasteiger partial charge in [-0.1, -0.05) is 36.6 Å². The third kappa shape index (κ3) is 3.39. The number of terminal acetylenes is 1. The fourth-order valence-electron chi connectivity index (χ4n) is 1.63. The van der Waals surface area contributed by atoms with Gasteiger partial charge >= 0.3 is 6.03 Å². The van der Waals surface area contributed by atoms with E-state index in [0.717, 1.165) is 10.5 Å². The second-order valence-corrected chi connectivity index (χ2v) is 4.09. The maximum atomic E-state index is 12.0. The zero-order valence-electron chi connectivity index (χ0n) is 10.5. The molecule has 0 atom stereocenters. The van der Waals surface area contributed by atoms with Crippen LogP contribution in [0.2, 0.25) is 5.02 Å². The van der Waals surface area contributed by atoms with Crippen LogP contribution in [0.15, 0.2) is 18.2 Å². The SMILES string of the molecule is C#CCNC(=O)N(C(=N)N)c1c(Cl)cccc1CC. The molecule has 6 heteroatoms. The number of carbonyl (C=O) groups is 1. The van der Waals surface area contributed by atoms with Crippen LogP contribution in [0.5, 0.6) is 0 Å². The Labute approximate surface area is 117 Å². The normalized spacial score (nSPS) is 9.53. The van der Waals surface area contributed by atoms with E-state index >= 15 is 0 Å². The van der Waals surface area contributed by atoms with Crippen LogP contribution in [0.25, 0.3) is 0 Å². The van der Waals surface area contributed by atoms with E-state index in [9.17, 15) is 4.79 Å². The number of urea groups is 1. The van der Waals surface area contributed by atoms with E-state index < -0.39 is 12.0 Å². The molecule has 1 rings (SSSR count). The summed E-state index contributed by atoms with van der Waals surface area (Å²) >= 11 is 6.11. The summed E-state index contributed by atoms with van der Waals surface area (Å²) in [5.41, 5.74) is 6.70. The number of nitrogens with two attached hydrogens (primary N) is 1. The first-order valence-electron chi connectivity index (χ1n) is 5.65. The van der Waals surface area contributed by atoms with Crippen molar-refractivity contribution < 1.29 is 4.79 Å². The van der Waals surface area contributed by atoms with Crippen molar-refractivity contribution in [1.82, 2.24) is 5.32 Å². The lowest BCUT2D eigenvalue weighted by atomic mass is 10.1. The largest absolute Gasteiger partial charge is 0.369 e. The quantitative estimate of drug-likeness (QED) is 0.449.